The van der Waals surface area contributed by atoms with Crippen LogP contribution in [-0.4, -0.2) is 30.9 Å². The summed E-state index contributed by atoms with van der Waals surface area (Å²) < 4.78 is 10.6. The van der Waals surface area contributed by atoms with Crippen LogP contribution in [0.3, 0.4) is 0 Å². The van der Waals surface area contributed by atoms with Gasteiger partial charge in [-0.15, -0.1) is 0 Å². The van der Waals surface area contributed by atoms with Crippen molar-refractivity contribution in [3.8, 4) is 5.75 Å². The molecule has 4 amide bonds. The van der Waals surface area contributed by atoms with Crippen LogP contribution in [-0.2, 0) is 20.9 Å². The zero-order valence-electron chi connectivity index (χ0n) is 18.5. The Labute approximate surface area is 205 Å². The van der Waals surface area contributed by atoms with Crippen LogP contribution in [0.2, 0.25) is 5.02 Å². The van der Waals surface area contributed by atoms with E-state index in [1.54, 1.807) is 30.3 Å². The van der Waals surface area contributed by atoms with E-state index in [4.69, 9.17) is 16.3 Å². The summed E-state index contributed by atoms with van der Waals surface area (Å²) in [6, 6.07) is 18.9. The van der Waals surface area contributed by atoms with E-state index in [1.165, 1.54) is 37.5 Å². The average molecular weight is 491 g/mol. The molecule has 0 saturated carbocycles. The SMILES string of the molecule is COC(=O)c1ccc(N2C(=O)NC(=O)C(=Cc3ccccc3OCc3ccccc3Cl)C2=O)cc1. The molecule has 1 heterocycles. The second-order valence-corrected chi connectivity index (χ2v) is 7.82. The summed E-state index contributed by atoms with van der Waals surface area (Å²) >= 11 is 6.19. The average Bonchev–Trinajstić information content (AvgIpc) is 2.86. The number of benzene rings is 3. The lowest BCUT2D eigenvalue weighted by atomic mass is 10.1. The second kappa shape index (κ2) is 10.2. The van der Waals surface area contributed by atoms with E-state index >= 15 is 0 Å². The molecule has 4 rings (SSSR count). The first-order valence-corrected chi connectivity index (χ1v) is 10.8. The van der Waals surface area contributed by atoms with Gasteiger partial charge in [0.25, 0.3) is 11.8 Å². The molecule has 0 aromatic heterocycles. The van der Waals surface area contributed by atoms with Gasteiger partial charge in [0.05, 0.1) is 18.4 Å². The number of urea groups is 1. The topological polar surface area (TPSA) is 102 Å². The first-order valence-electron chi connectivity index (χ1n) is 10.4. The van der Waals surface area contributed by atoms with E-state index in [9.17, 15) is 19.2 Å². The molecule has 1 aliphatic heterocycles. The molecule has 1 fully saturated rings. The normalized spacial score (nSPS) is 14.6. The minimum absolute atomic E-state index is 0.178. The number of halogens is 1. The van der Waals surface area contributed by atoms with E-state index in [1.807, 2.05) is 18.2 Å². The maximum Gasteiger partial charge on any atom is 0.337 e. The minimum atomic E-state index is -0.897. The number of hydrogen-bond donors (Lipinski definition) is 1. The highest BCUT2D eigenvalue weighted by molar-refractivity contribution is 6.39. The number of nitrogens with one attached hydrogen (secondary N) is 1. The number of para-hydroxylation sites is 1. The number of carbonyl (C=O) groups is 4. The predicted octanol–water partition coefficient (Wildman–Crippen LogP) is 4.37. The predicted molar refractivity (Wildman–Crippen MR) is 129 cm³/mol. The Morgan fingerprint density at radius 3 is 2.37 bits per heavy atom. The molecule has 0 spiro atoms. The fourth-order valence-corrected chi connectivity index (χ4v) is 3.60. The van der Waals surface area contributed by atoms with Gasteiger partial charge in [-0.2, -0.15) is 0 Å². The van der Waals surface area contributed by atoms with Gasteiger partial charge >= 0.3 is 12.0 Å². The standard InChI is InChI=1S/C26H19ClN2O6/c1-34-25(32)16-10-12-19(13-11-16)29-24(31)20(23(30)28-26(29)33)14-17-6-3-5-9-22(17)35-15-18-7-2-4-8-21(18)27/h2-14H,15H2,1H3,(H,28,30,33). The van der Waals surface area contributed by atoms with Crippen molar-refractivity contribution in [2.45, 2.75) is 6.61 Å². The zero-order valence-corrected chi connectivity index (χ0v) is 19.2. The summed E-state index contributed by atoms with van der Waals surface area (Å²) in [7, 11) is 1.25. The van der Waals surface area contributed by atoms with Crippen molar-refractivity contribution < 1.29 is 28.7 Å². The molecule has 0 aliphatic carbocycles. The van der Waals surface area contributed by atoms with Gasteiger partial charge in [-0.3, -0.25) is 14.9 Å². The molecular formula is C26H19ClN2O6. The van der Waals surface area contributed by atoms with Crippen molar-refractivity contribution in [2.24, 2.45) is 0 Å². The monoisotopic (exact) mass is 490 g/mol. The van der Waals surface area contributed by atoms with E-state index in [-0.39, 0.29) is 23.4 Å². The largest absolute Gasteiger partial charge is 0.488 e. The van der Waals surface area contributed by atoms with E-state index < -0.39 is 23.8 Å². The van der Waals surface area contributed by atoms with Gasteiger partial charge in [0.1, 0.15) is 17.9 Å². The minimum Gasteiger partial charge on any atom is -0.488 e. The lowest BCUT2D eigenvalue weighted by molar-refractivity contribution is -0.122. The smallest absolute Gasteiger partial charge is 0.337 e. The molecule has 8 nitrogen and oxygen atoms in total. The van der Waals surface area contributed by atoms with E-state index in [0.29, 0.717) is 16.3 Å². The summed E-state index contributed by atoms with van der Waals surface area (Å²) in [5.41, 5.74) is 1.42. The quantitative estimate of drug-likeness (QED) is 0.313. The van der Waals surface area contributed by atoms with Crippen LogP contribution in [0.25, 0.3) is 6.08 Å². The Morgan fingerprint density at radius 1 is 0.971 bits per heavy atom. The third-order valence-corrected chi connectivity index (χ3v) is 5.58. The fourth-order valence-electron chi connectivity index (χ4n) is 3.41. The zero-order chi connectivity index (χ0) is 24.9. The van der Waals surface area contributed by atoms with E-state index in [2.05, 4.69) is 10.1 Å². The highest BCUT2D eigenvalue weighted by atomic mass is 35.5. The van der Waals surface area contributed by atoms with Gasteiger partial charge in [-0.1, -0.05) is 48.0 Å². The molecule has 0 unspecified atom stereocenters. The van der Waals surface area contributed by atoms with Gasteiger partial charge in [-0.25, -0.2) is 14.5 Å². The molecule has 0 atom stereocenters. The molecule has 1 aliphatic rings. The Hall–Kier alpha value is -4.43. The van der Waals surface area contributed by atoms with Crippen LogP contribution in [0.4, 0.5) is 10.5 Å². The molecule has 1 N–H and O–H groups in total. The van der Waals surface area contributed by atoms with Crippen LogP contribution < -0.4 is 15.0 Å². The number of amides is 4. The van der Waals surface area contributed by atoms with Gasteiger partial charge in [0, 0.05) is 16.1 Å². The summed E-state index contributed by atoms with van der Waals surface area (Å²) in [5, 5.41) is 2.72. The molecule has 1 saturated heterocycles. The van der Waals surface area contributed by atoms with Gasteiger partial charge in [-0.05, 0) is 42.5 Å². The number of hydrogen-bond acceptors (Lipinski definition) is 6. The number of methoxy groups -OCH3 is 1. The van der Waals surface area contributed by atoms with E-state index in [0.717, 1.165) is 10.5 Å². The Kier molecular flexibility index (Phi) is 6.93. The molecule has 176 valence electrons. The van der Waals surface area contributed by atoms with Crippen LogP contribution >= 0.6 is 11.6 Å². The summed E-state index contributed by atoms with van der Waals surface area (Å²) in [6.07, 6.45) is 1.36. The second-order valence-electron chi connectivity index (χ2n) is 7.41. The molecule has 0 radical (unpaired) electrons. The molecule has 3 aromatic carbocycles. The molecule has 0 bridgehead atoms. The number of ether oxygens (including phenoxy) is 2. The Balaban J connectivity index is 1.62. The molecule has 35 heavy (non-hydrogen) atoms. The van der Waals surface area contributed by atoms with Crippen LogP contribution in [0.5, 0.6) is 5.75 Å². The van der Waals surface area contributed by atoms with Crippen LogP contribution in [0, 0.1) is 0 Å². The van der Waals surface area contributed by atoms with Gasteiger partial charge in [0.2, 0.25) is 0 Å². The number of nitrogens with zero attached hydrogens (tertiary/aromatic N) is 1. The molecule has 9 heteroatoms. The summed E-state index contributed by atoms with van der Waals surface area (Å²) in [4.78, 5) is 50.7. The van der Waals surface area contributed by atoms with Crippen molar-refractivity contribution in [3.05, 3.63) is 100 Å². The highest BCUT2D eigenvalue weighted by Gasteiger charge is 2.37. The maximum atomic E-state index is 13.2. The summed E-state index contributed by atoms with van der Waals surface area (Å²) in [6.45, 7) is 0.178. The number of carbonyl (C=O) groups excluding carboxylic acids is 4. The first-order chi connectivity index (χ1) is 16.9. The Bertz CT molecular complexity index is 1350. The number of barbiturate groups is 1. The van der Waals surface area contributed by atoms with Crippen molar-refractivity contribution in [1.82, 2.24) is 5.32 Å². The third kappa shape index (κ3) is 5.07. The van der Waals surface area contributed by atoms with Crippen molar-refractivity contribution in [1.29, 1.82) is 0 Å². The molecule has 3 aromatic rings. The maximum absolute atomic E-state index is 13.2. The lowest BCUT2D eigenvalue weighted by Crippen LogP contribution is -2.54. The summed E-state index contributed by atoms with van der Waals surface area (Å²) in [5.74, 6) is -1.78. The third-order valence-electron chi connectivity index (χ3n) is 5.21. The van der Waals surface area contributed by atoms with Crippen molar-refractivity contribution >= 4 is 47.2 Å². The number of anilines is 1. The highest BCUT2D eigenvalue weighted by Crippen LogP contribution is 2.27. The fraction of sp³-hybridized carbons (Fsp3) is 0.0769. The van der Waals surface area contributed by atoms with Gasteiger partial charge < -0.3 is 9.47 Å². The first kappa shape index (κ1) is 23.7. The van der Waals surface area contributed by atoms with Gasteiger partial charge in [0.15, 0.2) is 0 Å². The lowest BCUT2D eigenvalue weighted by Gasteiger charge is -2.26. The number of imide groups is 2. The van der Waals surface area contributed by atoms with Crippen molar-refractivity contribution in [2.75, 3.05) is 12.0 Å². The van der Waals surface area contributed by atoms with Crippen LogP contribution in [0.15, 0.2) is 78.4 Å². The number of rotatable bonds is 6. The molecular weight excluding hydrogens is 472 g/mol. The van der Waals surface area contributed by atoms with Crippen LogP contribution in [0.1, 0.15) is 21.5 Å². The Morgan fingerprint density at radius 2 is 1.66 bits per heavy atom. The number of esters is 1. The van der Waals surface area contributed by atoms with Crippen molar-refractivity contribution in [3.63, 3.8) is 0 Å².